The van der Waals surface area contributed by atoms with Crippen LogP contribution in [-0.2, 0) is 14.8 Å². The molecular weight excluding hydrogens is 292 g/mol. The van der Waals surface area contributed by atoms with Gasteiger partial charge in [0.15, 0.2) is 0 Å². The smallest absolute Gasteiger partial charge is 0.241 e. The monoisotopic (exact) mass is 314 g/mol. The minimum absolute atomic E-state index is 0.0796. The van der Waals surface area contributed by atoms with E-state index in [0.29, 0.717) is 24.3 Å². The zero-order valence-electron chi connectivity index (χ0n) is 12.5. The highest BCUT2D eigenvalue weighted by Crippen LogP contribution is 2.26. The molecule has 21 heavy (non-hydrogen) atoms. The van der Waals surface area contributed by atoms with Crippen LogP contribution in [0, 0.1) is 13.8 Å². The highest BCUT2D eigenvalue weighted by Gasteiger charge is 2.40. The van der Waals surface area contributed by atoms with E-state index >= 15 is 0 Å². The van der Waals surface area contributed by atoms with Crippen LogP contribution in [0.3, 0.4) is 0 Å². The fourth-order valence-electron chi connectivity index (χ4n) is 2.43. The Morgan fingerprint density at radius 2 is 2.14 bits per heavy atom. The summed E-state index contributed by atoms with van der Waals surface area (Å²) < 4.78 is 32.7. The Bertz CT molecular complexity index is 645. The highest BCUT2D eigenvalue weighted by atomic mass is 32.2. The lowest BCUT2D eigenvalue weighted by Crippen LogP contribution is -2.47. The third kappa shape index (κ3) is 3.21. The number of aliphatic hydroxyl groups is 1. The second-order valence-corrected chi connectivity index (χ2v) is 7.39. The van der Waals surface area contributed by atoms with Crippen LogP contribution in [0.1, 0.15) is 24.5 Å². The first-order valence-electron chi connectivity index (χ1n) is 6.86. The molecule has 0 aromatic heterocycles. The Morgan fingerprint density at radius 1 is 1.48 bits per heavy atom. The van der Waals surface area contributed by atoms with E-state index in [1.165, 1.54) is 6.07 Å². The molecule has 6 nitrogen and oxygen atoms in total. The Hall–Kier alpha value is -1.15. The molecule has 0 spiro atoms. The zero-order chi connectivity index (χ0) is 15.8. The van der Waals surface area contributed by atoms with Gasteiger partial charge in [-0.15, -0.1) is 0 Å². The number of nitrogens with one attached hydrogen (secondary N) is 1. The van der Waals surface area contributed by atoms with E-state index in [-0.39, 0.29) is 11.4 Å². The lowest BCUT2D eigenvalue weighted by atomic mass is 9.97. The quantitative estimate of drug-likeness (QED) is 0.710. The average molecular weight is 314 g/mol. The van der Waals surface area contributed by atoms with Crippen LogP contribution in [0.25, 0.3) is 0 Å². The van der Waals surface area contributed by atoms with E-state index in [2.05, 4.69) is 4.72 Å². The van der Waals surface area contributed by atoms with Crippen LogP contribution in [0.2, 0.25) is 0 Å². The van der Waals surface area contributed by atoms with Gasteiger partial charge in [0.25, 0.3) is 0 Å². The Balaban J connectivity index is 2.24. The maximum absolute atomic E-state index is 12.4. The topological polar surface area (TPSA) is 102 Å². The number of benzene rings is 1. The molecule has 4 N–H and O–H groups in total. The van der Waals surface area contributed by atoms with Crippen LogP contribution in [-0.4, -0.2) is 38.4 Å². The summed E-state index contributed by atoms with van der Waals surface area (Å²) in [7, 11) is -3.73. The number of sulfonamides is 1. The minimum Gasteiger partial charge on any atom is -0.399 e. The summed E-state index contributed by atoms with van der Waals surface area (Å²) in [6.07, 6.45) is 0.00917. The van der Waals surface area contributed by atoms with Crippen molar-refractivity contribution < 1.29 is 18.3 Å². The number of rotatable bonds is 4. The number of anilines is 1. The second-order valence-electron chi connectivity index (χ2n) is 5.65. The van der Waals surface area contributed by atoms with Crippen molar-refractivity contribution in [1.82, 2.24) is 4.72 Å². The average Bonchev–Trinajstić information content (AvgIpc) is 2.72. The van der Waals surface area contributed by atoms with Crippen LogP contribution >= 0.6 is 0 Å². The number of ether oxygens (including phenoxy) is 1. The van der Waals surface area contributed by atoms with Crippen LogP contribution in [0.4, 0.5) is 5.69 Å². The maximum atomic E-state index is 12.4. The van der Waals surface area contributed by atoms with Gasteiger partial charge in [-0.25, -0.2) is 13.1 Å². The predicted molar refractivity (Wildman–Crippen MR) is 80.5 cm³/mol. The van der Waals surface area contributed by atoms with Crippen molar-refractivity contribution in [3.8, 4) is 0 Å². The summed E-state index contributed by atoms with van der Waals surface area (Å²) in [6, 6.07) is 3.16. The van der Waals surface area contributed by atoms with Gasteiger partial charge in [0.05, 0.1) is 11.0 Å². The molecule has 2 atom stereocenters. The number of aryl methyl sites for hydroxylation is 1. The van der Waals surface area contributed by atoms with Crippen LogP contribution in [0.5, 0.6) is 0 Å². The SMILES string of the molecule is Cc1cc(N)cc(S(=O)(=O)NCC2(O)CCOC2C)c1C. The fourth-order valence-corrected chi connectivity index (χ4v) is 3.88. The molecule has 0 aliphatic carbocycles. The summed E-state index contributed by atoms with van der Waals surface area (Å²) in [6.45, 7) is 5.63. The van der Waals surface area contributed by atoms with Gasteiger partial charge in [0.1, 0.15) is 5.60 Å². The van der Waals surface area contributed by atoms with Crippen molar-refractivity contribution in [2.24, 2.45) is 0 Å². The van der Waals surface area contributed by atoms with Crippen molar-refractivity contribution in [3.05, 3.63) is 23.3 Å². The highest BCUT2D eigenvalue weighted by molar-refractivity contribution is 7.89. The Kier molecular flexibility index (Phi) is 4.30. The van der Waals surface area contributed by atoms with Crippen LogP contribution in [0.15, 0.2) is 17.0 Å². The standard InChI is InChI=1S/C14H22N2O4S/c1-9-6-12(15)7-13(10(9)2)21(18,19)16-8-14(17)4-5-20-11(14)3/h6-7,11,16-17H,4-5,8,15H2,1-3H3. The summed E-state index contributed by atoms with van der Waals surface area (Å²) in [4.78, 5) is 0.148. The van der Waals surface area contributed by atoms with Crippen molar-refractivity contribution in [2.75, 3.05) is 18.9 Å². The number of nitrogens with two attached hydrogens (primary N) is 1. The van der Waals surface area contributed by atoms with Gasteiger partial charge in [0, 0.05) is 25.3 Å². The van der Waals surface area contributed by atoms with E-state index in [4.69, 9.17) is 10.5 Å². The molecule has 2 unspecified atom stereocenters. The molecule has 1 heterocycles. The first-order valence-corrected chi connectivity index (χ1v) is 8.34. The van der Waals surface area contributed by atoms with E-state index in [9.17, 15) is 13.5 Å². The first-order chi connectivity index (χ1) is 9.66. The molecule has 1 saturated heterocycles. The second kappa shape index (κ2) is 5.57. The molecule has 1 fully saturated rings. The molecule has 1 aliphatic rings. The van der Waals surface area contributed by atoms with Crippen molar-refractivity contribution in [3.63, 3.8) is 0 Å². The van der Waals surface area contributed by atoms with Gasteiger partial charge in [-0.2, -0.15) is 0 Å². The zero-order valence-corrected chi connectivity index (χ0v) is 13.3. The third-order valence-electron chi connectivity index (χ3n) is 4.16. The molecule has 0 amide bonds. The first kappa shape index (κ1) is 16.2. The number of hydrogen-bond acceptors (Lipinski definition) is 5. The van der Waals surface area contributed by atoms with Gasteiger partial charge in [-0.3, -0.25) is 0 Å². The number of nitrogen functional groups attached to an aromatic ring is 1. The van der Waals surface area contributed by atoms with Crippen molar-refractivity contribution in [2.45, 2.75) is 43.8 Å². The largest absolute Gasteiger partial charge is 0.399 e. The van der Waals surface area contributed by atoms with E-state index in [1.807, 2.05) is 6.92 Å². The van der Waals surface area contributed by atoms with Gasteiger partial charge in [0.2, 0.25) is 10.0 Å². The molecule has 118 valence electrons. The molecule has 7 heteroatoms. The van der Waals surface area contributed by atoms with Gasteiger partial charge >= 0.3 is 0 Å². The maximum Gasteiger partial charge on any atom is 0.241 e. The Morgan fingerprint density at radius 3 is 2.71 bits per heavy atom. The molecule has 2 rings (SSSR count). The summed E-state index contributed by atoms with van der Waals surface area (Å²) in [5.74, 6) is 0. The van der Waals surface area contributed by atoms with E-state index in [0.717, 1.165) is 5.56 Å². The van der Waals surface area contributed by atoms with E-state index < -0.39 is 21.7 Å². The molecule has 1 aromatic rings. The lowest BCUT2D eigenvalue weighted by Gasteiger charge is -2.26. The predicted octanol–water partition coefficient (Wildman–Crippen LogP) is 0.704. The third-order valence-corrected chi connectivity index (χ3v) is 5.69. The molecule has 0 radical (unpaired) electrons. The van der Waals surface area contributed by atoms with Crippen molar-refractivity contribution >= 4 is 15.7 Å². The lowest BCUT2D eigenvalue weighted by molar-refractivity contribution is -0.0228. The molecule has 0 saturated carbocycles. The van der Waals surface area contributed by atoms with Gasteiger partial charge < -0.3 is 15.6 Å². The molecule has 1 aromatic carbocycles. The molecule has 0 bridgehead atoms. The van der Waals surface area contributed by atoms with Gasteiger partial charge in [-0.05, 0) is 44.0 Å². The summed E-state index contributed by atoms with van der Waals surface area (Å²) in [5, 5.41) is 10.4. The normalized spacial score (nSPS) is 26.2. The van der Waals surface area contributed by atoms with E-state index in [1.54, 1.807) is 19.9 Å². The summed E-state index contributed by atoms with van der Waals surface area (Å²) in [5.41, 5.74) is 6.42. The van der Waals surface area contributed by atoms with Crippen molar-refractivity contribution in [1.29, 1.82) is 0 Å². The van der Waals surface area contributed by atoms with Gasteiger partial charge in [-0.1, -0.05) is 0 Å². The minimum atomic E-state index is -3.73. The Labute approximate surface area is 125 Å². The fraction of sp³-hybridized carbons (Fsp3) is 0.571. The summed E-state index contributed by atoms with van der Waals surface area (Å²) >= 11 is 0. The van der Waals surface area contributed by atoms with Crippen LogP contribution < -0.4 is 10.5 Å². The molecular formula is C14H22N2O4S. The number of hydrogen-bond donors (Lipinski definition) is 3. The molecule has 1 aliphatic heterocycles.